The lowest BCUT2D eigenvalue weighted by Crippen LogP contribution is -2.55. The molecule has 1 aliphatic rings. The molecule has 0 spiro atoms. The Labute approximate surface area is 126 Å². The van der Waals surface area contributed by atoms with Crippen LogP contribution >= 0.6 is 0 Å². The van der Waals surface area contributed by atoms with E-state index in [-0.39, 0.29) is 11.7 Å². The standard InChI is InChI=1S/C14H24N2O4S/c1-11(2)8-15-9-12-4-5-13(20-12)21(18,19)16-14(10-17)6-3-7-14/h4-5,11,15-17H,3,6-10H2,1-2H3. The van der Waals surface area contributed by atoms with Crippen LogP contribution in [0, 0.1) is 5.92 Å². The minimum Gasteiger partial charge on any atom is -0.447 e. The molecule has 1 fully saturated rings. The molecule has 0 bridgehead atoms. The predicted molar refractivity (Wildman–Crippen MR) is 79.2 cm³/mol. The van der Waals surface area contributed by atoms with Gasteiger partial charge in [0.1, 0.15) is 5.76 Å². The number of hydrogen-bond donors (Lipinski definition) is 3. The van der Waals surface area contributed by atoms with Crippen LogP contribution in [0.2, 0.25) is 0 Å². The van der Waals surface area contributed by atoms with Crippen LogP contribution in [-0.2, 0) is 16.6 Å². The Kier molecular flexibility index (Phi) is 5.08. The number of furan rings is 1. The summed E-state index contributed by atoms with van der Waals surface area (Å²) in [7, 11) is -3.72. The number of aliphatic hydroxyl groups is 1. The number of nitrogens with one attached hydrogen (secondary N) is 2. The zero-order valence-corrected chi connectivity index (χ0v) is 13.4. The molecule has 0 saturated heterocycles. The van der Waals surface area contributed by atoms with Gasteiger partial charge in [-0.15, -0.1) is 0 Å². The van der Waals surface area contributed by atoms with E-state index in [1.807, 2.05) is 0 Å². The van der Waals surface area contributed by atoms with Gasteiger partial charge in [0.25, 0.3) is 10.0 Å². The molecule has 1 aromatic rings. The molecule has 6 nitrogen and oxygen atoms in total. The van der Waals surface area contributed by atoms with Gasteiger partial charge in [-0.2, -0.15) is 0 Å². The molecule has 2 rings (SSSR count). The van der Waals surface area contributed by atoms with Gasteiger partial charge < -0.3 is 14.8 Å². The van der Waals surface area contributed by atoms with Crippen LogP contribution in [0.1, 0.15) is 38.9 Å². The number of sulfonamides is 1. The molecule has 21 heavy (non-hydrogen) atoms. The zero-order valence-electron chi connectivity index (χ0n) is 12.6. The minimum absolute atomic E-state index is 0.0939. The molecule has 0 radical (unpaired) electrons. The summed E-state index contributed by atoms with van der Waals surface area (Å²) in [5.41, 5.74) is -0.707. The van der Waals surface area contributed by atoms with Crippen molar-refractivity contribution in [1.82, 2.24) is 10.0 Å². The number of aliphatic hydroxyl groups excluding tert-OH is 1. The van der Waals surface area contributed by atoms with Crippen molar-refractivity contribution < 1.29 is 17.9 Å². The second-order valence-corrected chi connectivity index (χ2v) is 7.76. The van der Waals surface area contributed by atoms with Gasteiger partial charge in [-0.3, -0.25) is 0 Å². The predicted octanol–water partition coefficient (Wildman–Crippen LogP) is 1.22. The van der Waals surface area contributed by atoms with Crippen LogP contribution < -0.4 is 10.0 Å². The Balaban J connectivity index is 1.99. The maximum atomic E-state index is 12.3. The van der Waals surface area contributed by atoms with E-state index in [1.165, 1.54) is 6.07 Å². The van der Waals surface area contributed by atoms with Crippen molar-refractivity contribution in [3.63, 3.8) is 0 Å². The second-order valence-electron chi connectivity index (χ2n) is 6.14. The van der Waals surface area contributed by atoms with Crippen molar-refractivity contribution in [2.45, 2.75) is 50.3 Å². The van der Waals surface area contributed by atoms with Gasteiger partial charge in [0.15, 0.2) is 0 Å². The summed E-state index contributed by atoms with van der Waals surface area (Å²) in [6.07, 6.45) is 2.24. The van der Waals surface area contributed by atoms with Gasteiger partial charge >= 0.3 is 0 Å². The minimum atomic E-state index is -3.72. The van der Waals surface area contributed by atoms with Crippen molar-refractivity contribution in [1.29, 1.82) is 0 Å². The Morgan fingerprint density at radius 1 is 1.38 bits per heavy atom. The summed E-state index contributed by atoms with van der Waals surface area (Å²) in [6.45, 7) is 5.35. The summed E-state index contributed by atoms with van der Waals surface area (Å²) in [6, 6.07) is 3.12. The SMILES string of the molecule is CC(C)CNCc1ccc(S(=O)(=O)NC2(CO)CCC2)o1. The van der Waals surface area contributed by atoms with E-state index in [2.05, 4.69) is 23.9 Å². The monoisotopic (exact) mass is 316 g/mol. The van der Waals surface area contributed by atoms with Crippen molar-refractivity contribution >= 4 is 10.0 Å². The summed E-state index contributed by atoms with van der Waals surface area (Å²) in [5.74, 6) is 1.11. The molecular weight excluding hydrogens is 292 g/mol. The Bertz CT molecular complexity index is 556. The van der Waals surface area contributed by atoms with Crippen LogP contribution in [0.15, 0.2) is 21.6 Å². The maximum Gasteiger partial charge on any atom is 0.274 e. The van der Waals surface area contributed by atoms with E-state index >= 15 is 0 Å². The quantitative estimate of drug-likeness (QED) is 0.671. The normalized spacial score (nSPS) is 17.9. The van der Waals surface area contributed by atoms with E-state index in [0.29, 0.717) is 31.1 Å². The van der Waals surface area contributed by atoms with E-state index in [0.717, 1.165) is 13.0 Å². The molecule has 0 aliphatic heterocycles. The van der Waals surface area contributed by atoms with Crippen molar-refractivity contribution in [3.05, 3.63) is 17.9 Å². The van der Waals surface area contributed by atoms with Gasteiger partial charge in [0, 0.05) is 0 Å². The third-order valence-corrected chi connectivity index (χ3v) is 5.17. The van der Waals surface area contributed by atoms with E-state index in [9.17, 15) is 13.5 Å². The fraction of sp³-hybridized carbons (Fsp3) is 0.714. The van der Waals surface area contributed by atoms with Crippen molar-refractivity contribution in [3.8, 4) is 0 Å². The maximum absolute atomic E-state index is 12.3. The number of rotatable bonds is 8. The summed E-state index contributed by atoms with van der Waals surface area (Å²) in [5, 5.41) is 12.5. The van der Waals surface area contributed by atoms with E-state index in [4.69, 9.17) is 4.42 Å². The van der Waals surface area contributed by atoms with Crippen LogP contribution in [0.25, 0.3) is 0 Å². The molecule has 7 heteroatoms. The van der Waals surface area contributed by atoms with Crippen molar-refractivity contribution in [2.75, 3.05) is 13.2 Å². The molecule has 1 aromatic heterocycles. The zero-order chi connectivity index (χ0) is 15.5. The van der Waals surface area contributed by atoms with Crippen molar-refractivity contribution in [2.24, 2.45) is 5.92 Å². The highest BCUT2D eigenvalue weighted by Gasteiger charge is 2.41. The van der Waals surface area contributed by atoms with Crippen LogP contribution in [0.3, 0.4) is 0 Å². The highest BCUT2D eigenvalue weighted by molar-refractivity contribution is 7.89. The van der Waals surface area contributed by atoms with Crippen LogP contribution in [0.4, 0.5) is 0 Å². The second kappa shape index (κ2) is 6.48. The summed E-state index contributed by atoms with van der Waals surface area (Å²) in [4.78, 5) is 0. The molecule has 1 aliphatic carbocycles. The van der Waals surface area contributed by atoms with E-state index < -0.39 is 15.6 Å². The van der Waals surface area contributed by atoms with Gasteiger partial charge in [0.2, 0.25) is 5.09 Å². The summed E-state index contributed by atoms with van der Waals surface area (Å²) >= 11 is 0. The molecular formula is C14H24N2O4S. The average molecular weight is 316 g/mol. The molecule has 1 heterocycles. The van der Waals surface area contributed by atoms with Gasteiger partial charge in [-0.05, 0) is 43.9 Å². The molecule has 120 valence electrons. The Hall–Kier alpha value is -0.890. The van der Waals surface area contributed by atoms with Gasteiger partial charge in [0.05, 0.1) is 18.7 Å². The summed E-state index contributed by atoms with van der Waals surface area (Å²) < 4.78 is 32.5. The fourth-order valence-corrected chi connectivity index (χ4v) is 3.72. The number of hydrogen-bond acceptors (Lipinski definition) is 5. The smallest absolute Gasteiger partial charge is 0.274 e. The van der Waals surface area contributed by atoms with Crippen LogP contribution in [0.5, 0.6) is 0 Å². The largest absolute Gasteiger partial charge is 0.447 e. The van der Waals surface area contributed by atoms with Gasteiger partial charge in [-0.1, -0.05) is 13.8 Å². The first-order valence-electron chi connectivity index (χ1n) is 7.31. The third kappa shape index (κ3) is 4.06. The lowest BCUT2D eigenvalue weighted by molar-refractivity contribution is 0.110. The lowest BCUT2D eigenvalue weighted by Gasteiger charge is -2.40. The highest BCUT2D eigenvalue weighted by Crippen LogP contribution is 2.33. The van der Waals surface area contributed by atoms with E-state index in [1.54, 1.807) is 6.07 Å². The first-order chi connectivity index (χ1) is 9.87. The Morgan fingerprint density at radius 2 is 2.10 bits per heavy atom. The van der Waals surface area contributed by atoms with Gasteiger partial charge in [-0.25, -0.2) is 13.1 Å². The average Bonchev–Trinajstić information content (AvgIpc) is 2.83. The fourth-order valence-electron chi connectivity index (χ4n) is 2.31. The molecule has 0 amide bonds. The molecule has 1 saturated carbocycles. The first-order valence-corrected chi connectivity index (χ1v) is 8.79. The highest BCUT2D eigenvalue weighted by atomic mass is 32.2. The topological polar surface area (TPSA) is 91.6 Å². The first kappa shape index (κ1) is 16.5. The Morgan fingerprint density at radius 3 is 2.62 bits per heavy atom. The lowest BCUT2D eigenvalue weighted by atomic mass is 9.78. The molecule has 0 aromatic carbocycles. The molecule has 0 unspecified atom stereocenters. The third-order valence-electron chi connectivity index (χ3n) is 3.72. The molecule has 0 atom stereocenters. The molecule has 3 N–H and O–H groups in total. The van der Waals surface area contributed by atoms with Crippen LogP contribution in [-0.4, -0.2) is 32.2 Å².